The molecule has 0 saturated carbocycles. The quantitative estimate of drug-likeness (QED) is 0.914. The monoisotopic (exact) mass is 312 g/mol. The molecule has 1 aliphatic heterocycles. The van der Waals surface area contributed by atoms with Gasteiger partial charge in [-0.15, -0.1) is 0 Å². The zero-order chi connectivity index (χ0) is 16.1. The summed E-state index contributed by atoms with van der Waals surface area (Å²) < 4.78 is 0. The summed E-state index contributed by atoms with van der Waals surface area (Å²) in [6, 6.07) is 6.04. The molecule has 0 amide bonds. The van der Waals surface area contributed by atoms with E-state index in [0.717, 1.165) is 62.3 Å². The molecular weight excluding hydrogens is 288 g/mol. The minimum absolute atomic E-state index is 0.815. The molecule has 3 heterocycles. The van der Waals surface area contributed by atoms with Crippen LogP contribution in [0.25, 0.3) is 0 Å². The van der Waals surface area contributed by atoms with Crippen LogP contribution in [0.2, 0.25) is 0 Å². The topological polar surface area (TPSA) is 57.2 Å². The maximum atomic E-state index is 4.70. The molecule has 23 heavy (non-hydrogen) atoms. The third-order valence-corrected chi connectivity index (χ3v) is 4.04. The van der Waals surface area contributed by atoms with Crippen molar-refractivity contribution in [2.24, 2.45) is 0 Å². The van der Waals surface area contributed by atoms with Gasteiger partial charge in [0, 0.05) is 50.7 Å². The number of hydrogen-bond donors (Lipinski definition) is 1. The number of hydrogen-bond acceptors (Lipinski definition) is 6. The summed E-state index contributed by atoms with van der Waals surface area (Å²) >= 11 is 0. The van der Waals surface area contributed by atoms with E-state index in [1.807, 2.05) is 31.5 Å². The molecular formula is C17H24N6. The fraction of sp³-hybridized carbons (Fsp3) is 0.471. The van der Waals surface area contributed by atoms with E-state index < -0.39 is 0 Å². The molecule has 0 aliphatic carbocycles. The van der Waals surface area contributed by atoms with Crippen LogP contribution in [-0.2, 0) is 0 Å². The Hall–Kier alpha value is -2.37. The zero-order valence-corrected chi connectivity index (χ0v) is 13.9. The molecule has 122 valence electrons. The summed E-state index contributed by atoms with van der Waals surface area (Å²) in [6.07, 6.45) is 4.84. The molecule has 6 nitrogen and oxygen atoms in total. The predicted octanol–water partition coefficient (Wildman–Crippen LogP) is 2.33. The number of piperazine rings is 1. The third-order valence-electron chi connectivity index (χ3n) is 4.04. The Bertz CT molecular complexity index is 622. The number of nitrogens with zero attached hydrogens (tertiary/aromatic N) is 5. The van der Waals surface area contributed by atoms with Crippen LogP contribution in [0.1, 0.15) is 18.9 Å². The molecule has 1 aliphatic rings. The van der Waals surface area contributed by atoms with Gasteiger partial charge < -0.3 is 15.1 Å². The minimum atomic E-state index is 0.815. The van der Waals surface area contributed by atoms with Crippen molar-refractivity contribution in [3.05, 3.63) is 36.2 Å². The van der Waals surface area contributed by atoms with Gasteiger partial charge in [0.25, 0.3) is 0 Å². The first-order valence-corrected chi connectivity index (χ1v) is 8.26. The molecule has 1 saturated heterocycles. The van der Waals surface area contributed by atoms with Crippen molar-refractivity contribution in [1.29, 1.82) is 0 Å². The molecule has 3 rings (SSSR count). The summed E-state index contributed by atoms with van der Waals surface area (Å²) in [5, 5.41) is 3.38. The molecule has 0 spiro atoms. The van der Waals surface area contributed by atoms with Crippen molar-refractivity contribution >= 4 is 17.6 Å². The van der Waals surface area contributed by atoms with Crippen molar-refractivity contribution in [3.8, 4) is 0 Å². The summed E-state index contributed by atoms with van der Waals surface area (Å²) in [6.45, 7) is 8.82. The first-order chi connectivity index (χ1) is 11.3. The first-order valence-electron chi connectivity index (χ1n) is 8.26. The fourth-order valence-electron chi connectivity index (χ4n) is 2.68. The molecule has 2 aromatic heterocycles. The average Bonchev–Trinajstić information content (AvgIpc) is 2.62. The highest BCUT2D eigenvalue weighted by Crippen LogP contribution is 2.19. The molecule has 0 radical (unpaired) electrons. The van der Waals surface area contributed by atoms with Gasteiger partial charge in [-0.25, -0.2) is 9.97 Å². The van der Waals surface area contributed by atoms with Crippen molar-refractivity contribution < 1.29 is 0 Å². The maximum absolute atomic E-state index is 4.70. The van der Waals surface area contributed by atoms with Crippen LogP contribution in [0, 0.1) is 6.92 Å². The van der Waals surface area contributed by atoms with Crippen molar-refractivity contribution in [2.75, 3.05) is 47.8 Å². The van der Waals surface area contributed by atoms with Crippen LogP contribution in [0.3, 0.4) is 0 Å². The lowest BCUT2D eigenvalue weighted by molar-refractivity contribution is 0.634. The second-order valence-corrected chi connectivity index (χ2v) is 5.79. The Morgan fingerprint density at radius 1 is 1.09 bits per heavy atom. The van der Waals surface area contributed by atoms with Crippen molar-refractivity contribution in [1.82, 2.24) is 15.0 Å². The first kappa shape index (κ1) is 15.5. The lowest BCUT2D eigenvalue weighted by atomic mass is 10.3. The number of aromatic nitrogens is 3. The lowest BCUT2D eigenvalue weighted by Crippen LogP contribution is -2.47. The van der Waals surface area contributed by atoms with Gasteiger partial charge >= 0.3 is 0 Å². The molecule has 0 unspecified atom stereocenters. The molecule has 1 fully saturated rings. The Balaban J connectivity index is 1.65. The molecule has 1 N–H and O–H groups in total. The van der Waals surface area contributed by atoms with Crippen LogP contribution in [0.5, 0.6) is 0 Å². The SMILES string of the molecule is CCCNc1nc(N2CCN(c3ccccn3)CC2)ncc1C. The molecule has 0 bridgehead atoms. The number of rotatable bonds is 5. The van der Waals surface area contributed by atoms with Gasteiger partial charge in [-0.2, -0.15) is 4.98 Å². The van der Waals surface area contributed by atoms with Gasteiger partial charge in [0.2, 0.25) is 5.95 Å². The van der Waals surface area contributed by atoms with Crippen molar-refractivity contribution in [3.63, 3.8) is 0 Å². The molecule has 0 atom stereocenters. The minimum Gasteiger partial charge on any atom is -0.370 e. The van der Waals surface area contributed by atoms with Crippen LogP contribution < -0.4 is 15.1 Å². The van der Waals surface area contributed by atoms with E-state index in [9.17, 15) is 0 Å². The van der Waals surface area contributed by atoms with Gasteiger partial charge in [0.05, 0.1) is 0 Å². The van der Waals surface area contributed by atoms with E-state index in [2.05, 4.69) is 38.1 Å². The summed E-state index contributed by atoms with van der Waals surface area (Å²) in [5.74, 6) is 2.81. The standard InChI is InChI=1S/C17H24N6/c1-3-7-19-16-14(2)13-20-17(21-16)23-11-9-22(10-12-23)15-6-4-5-8-18-15/h4-6,8,13H,3,7,9-12H2,1-2H3,(H,19,20,21). The van der Waals surface area contributed by atoms with E-state index in [4.69, 9.17) is 4.98 Å². The van der Waals surface area contributed by atoms with E-state index in [1.54, 1.807) is 0 Å². The number of aryl methyl sites for hydroxylation is 1. The Labute approximate surface area is 137 Å². The van der Waals surface area contributed by atoms with Gasteiger partial charge in [0.1, 0.15) is 11.6 Å². The van der Waals surface area contributed by atoms with Gasteiger partial charge in [-0.1, -0.05) is 13.0 Å². The predicted molar refractivity (Wildman–Crippen MR) is 94.2 cm³/mol. The second kappa shape index (κ2) is 7.26. The smallest absolute Gasteiger partial charge is 0.227 e. The van der Waals surface area contributed by atoms with Crippen LogP contribution in [0.4, 0.5) is 17.6 Å². The second-order valence-electron chi connectivity index (χ2n) is 5.79. The highest BCUT2D eigenvalue weighted by atomic mass is 15.3. The number of nitrogens with one attached hydrogen (secondary N) is 1. The average molecular weight is 312 g/mol. The van der Waals surface area contributed by atoms with Gasteiger partial charge in [-0.05, 0) is 25.5 Å². The number of anilines is 3. The van der Waals surface area contributed by atoms with Crippen LogP contribution >= 0.6 is 0 Å². The molecule has 0 aromatic carbocycles. The summed E-state index contributed by atoms with van der Waals surface area (Å²) in [5.41, 5.74) is 1.09. The van der Waals surface area contributed by atoms with E-state index in [1.165, 1.54) is 0 Å². The summed E-state index contributed by atoms with van der Waals surface area (Å²) in [4.78, 5) is 18.2. The lowest BCUT2D eigenvalue weighted by Gasteiger charge is -2.35. The largest absolute Gasteiger partial charge is 0.370 e. The van der Waals surface area contributed by atoms with E-state index in [0.29, 0.717) is 0 Å². The van der Waals surface area contributed by atoms with E-state index in [-0.39, 0.29) is 0 Å². The van der Waals surface area contributed by atoms with E-state index >= 15 is 0 Å². The van der Waals surface area contributed by atoms with Gasteiger partial charge in [-0.3, -0.25) is 0 Å². The fourth-order valence-corrected chi connectivity index (χ4v) is 2.68. The highest BCUT2D eigenvalue weighted by molar-refractivity contribution is 5.48. The third kappa shape index (κ3) is 3.70. The normalized spacial score (nSPS) is 14.9. The molecule has 2 aromatic rings. The number of pyridine rings is 1. The molecule has 6 heteroatoms. The Morgan fingerprint density at radius 2 is 1.87 bits per heavy atom. The van der Waals surface area contributed by atoms with Crippen molar-refractivity contribution in [2.45, 2.75) is 20.3 Å². The Kier molecular flexibility index (Phi) is 4.90. The van der Waals surface area contributed by atoms with Crippen LogP contribution in [-0.4, -0.2) is 47.7 Å². The summed E-state index contributed by atoms with van der Waals surface area (Å²) in [7, 11) is 0. The Morgan fingerprint density at radius 3 is 2.57 bits per heavy atom. The van der Waals surface area contributed by atoms with Gasteiger partial charge in [0.15, 0.2) is 0 Å². The maximum Gasteiger partial charge on any atom is 0.227 e. The highest BCUT2D eigenvalue weighted by Gasteiger charge is 2.20. The zero-order valence-electron chi connectivity index (χ0n) is 13.9. The van der Waals surface area contributed by atoms with Crippen LogP contribution in [0.15, 0.2) is 30.6 Å².